The lowest BCUT2D eigenvalue weighted by Crippen LogP contribution is -2.32. The van der Waals surface area contributed by atoms with Crippen LogP contribution < -0.4 is 14.3 Å². The third-order valence-corrected chi connectivity index (χ3v) is 9.95. The van der Waals surface area contributed by atoms with Crippen molar-refractivity contribution < 1.29 is 34.8 Å². The van der Waals surface area contributed by atoms with Gasteiger partial charge in [0.15, 0.2) is 0 Å². The van der Waals surface area contributed by atoms with Crippen LogP contribution in [0.25, 0.3) is 0 Å². The van der Waals surface area contributed by atoms with Crippen molar-refractivity contribution >= 4 is 43.0 Å². The third-order valence-electron chi connectivity index (χ3n) is 6.78. The Labute approximate surface area is 264 Å². The first-order chi connectivity index (χ1) is 21.8. The molecule has 5 aromatic carbocycles. The van der Waals surface area contributed by atoms with E-state index in [1.54, 1.807) is 60.7 Å². The fourth-order valence-electron chi connectivity index (χ4n) is 4.54. The van der Waals surface area contributed by atoms with E-state index < -0.39 is 37.7 Å². The maximum absolute atomic E-state index is 13.9. The number of nitrogens with one attached hydrogen (secondary N) is 2. The number of amides is 1. The molecule has 0 fully saturated rings. The summed E-state index contributed by atoms with van der Waals surface area (Å²) < 4.78 is 95.9. The zero-order valence-electron chi connectivity index (χ0n) is 23.8. The maximum atomic E-state index is 13.9. The van der Waals surface area contributed by atoms with Gasteiger partial charge in [-0.05, 0) is 72.3 Å². The van der Waals surface area contributed by atoms with E-state index in [-0.39, 0.29) is 39.0 Å². The monoisotopic (exact) mass is 665 g/mol. The van der Waals surface area contributed by atoms with E-state index in [9.17, 15) is 34.8 Å². The van der Waals surface area contributed by atoms with Gasteiger partial charge in [-0.15, -0.1) is 0 Å². The molecular formula is C33H26F3N3O5S2. The Kier molecular flexibility index (Phi) is 9.17. The minimum Gasteiger partial charge on any atom is -0.322 e. The molecule has 0 aromatic heterocycles. The fourth-order valence-corrected chi connectivity index (χ4v) is 7.08. The summed E-state index contributed by atoms with van der Waals surface area (Å²) in [5, 5.41) is 2.66. The molecule has 0 aliphatic heterocycles. The van der Waals surface area contributed by atoms with Gasteiger partial charge in [0.05, 0.1) is 33.2 Å². The van der Waals surface area contributed by atoms with E-state index in [2.05, 4.69) is 10.0 Å². The van der Waals surface area contributed by atoms with E-state index in [4.69, 9.17) is 0 Å². The van der Waals surface area contributed by atoms with Crippen LogP contribution in [0.4, 0.5) is 30.2 Å². The zero-order chi connectivity index (χ0) is 33.0. The predicted octanol–water partition coefficient (Wildman–Crippen LogP) is 7.15. The van der Waals surface area contributed by atoms with Crippen LogP contribution in [0.3, 0.4) is 0 Å². The molecular weight excluding hydrogens is 640 g/mol. The molecule has 46 heavy (non-hydrogen) atoms. The molecule has 1 amide bonds. The van der Waals surface area contributed by atoms with E-state index in [0.717, 1.165) is 16.4 Å². The fraction of sp³-hybridized carbons (Fsp3) is 0.0606. The number of nitrogens with zero attached hydrogens (tertiary/aromatic N) is 1. The molecule has 0 spiro atoms. The highest BCUT2D eigenvalue weighted by atomic mass is 32.2. The van der Waals surface area contributed by atoms with Gasteiger partial charge in [-0.3, -0.25) is 13.8 Å². The second-order valence-corrected chi connectivity index (χ2v) is 13.5. The Morgan fingerprint density at radius 1 is 0.652 bits per heavy atom. The van der Waals surface area contributed by atoms with Gasteiger partial charge < -0.3 is 5.32 Å². The van der Waals surface area contributed by atoms with Crippen LogP contribution in [-0.4, -0.2) is 22.7 Å². The molecule has 8 nitrogen and oxygen atoms in total. The van der Waals surface area contributed by atoms with E-state index in [0.29, 0.717) is 11.6 Å². The molecule has 0 aliphatic rings. The molecule has 0 aliphatic carbocycles. The van der Waals surface area contributed by atoms with Crippen molar-refractivity contribution in [3.63, 3.8) is 0 Å². The molecule has 5 aromatic rings. The van der Waals surface area contributed by atoms with Crippen LogP contribution in [0.1, 0.15) is 21.5 Å². The molecule has 0 unspecified atom stereocenters. The average Bonchev–Trinajstić information content (AvgIpc) is 3.04. The first kappa shape index (κ1) is 32.3. The Morgan fingerprint density at radius 2 is 1.26 bits per heavy atom. The molecule has 0 bridgehead atoms. The largest absolute Gasteiger partial charge is 0.416 e. The molecule has 5 rings (SSSR count). The number of para-hydroxylation sites is 1. The summed E-state index contributed by atoms with van der Waals surface area (Å²) in [5.41, 5.74) is -0.233. The highest BCUT2D eigenvalue weighted by Gasteiger charge is 2.31. The Balaban J connectivity index is 1.40. The van der Waals surface area contributed by atoms with Crippen molar-refractivity contribution in [1.82, 2.24) is 0 Å². The third kappa shape index (κ3) is 7.38. The molecule has 0 saturated heterocycles. The summed E-state index contributed by atoms with van der Waals surface area (Å²) in [5.74, 6) is -0.658. The number of anilines is 3. The summed E-state index contributed by atoms with van der Waals surface area (Å²) in [4.78, 5) is 13.3. The second-order valence-electron chi connectivity index (χ2n) is 9.99. The second kappa shape index (κ2) is 13.1. The van der Waals surface area contributed by atoms with Crippen LogP contribution in [0.2, 0.25) is 0 Å². The van der Waals surface area contributed by atoms with Crippen molar-refractivity contribution in [3.05, 3.63) is 150 Å². The van der Waals surface area contributed by atoms with Crippen LogP contribution in [0.15, 0.2) is 143 Å². The number of benzene rings is 5. The van der Waals surface area contributed by atoms with Crippen molar-refractivity contribution in [2.24, 2.45) is 0 Å². The van der Waals surface area contributed by atoms with E-state index >= 15 is 0 Å². The zero-order valence-corrected chi connectivity index (χ0v) is 25.5. The van der Waals surface area contributed by atoms with Crippen LogP contribution in [0.5, 0.6) is 0 Å². The summed E-state index contributed by atoms with van der Waals surface area (Å²) in [6, 6.07) is 31.7. The molecule has 2 N–H and O–H groups in total. The summed E-state index contributed by atoms with van der Waals surface area (Å²) in [7, 11) is -8.39. The molecule has 236 valence electrons. The molecule has 0 heterocycles. The standard InChI is InChI=1S/C33H26F3N3O5S2/c34-33(35,36)25-12-9-13-27(22-25)38-45(41,42)28-20-18-26(19-21-28)37-32(40)30-16-7-8-17-31(30)39(23-24-10-3-1-4-11-24)46(43,44)29-14-5-2-6-15-29/h1-22,38H,23H2,(H,37,40). The van der Waals surface area contributed by atoms with Crippen LogP contribution >= 0.6 is 0 Å². The summed E-state index contributed by atoms with van der Waals surface area (Å²) in [6.07, 6.45) is -4.65. The van der Waals surface area contributed by atoms with E-state index in [1.165, 1.54) is 54.6 Å². The first-order valence-electron chi connectivity index (χ1n) is 13.7. The number of hydrogen-bond donors (Lipinski definition) is 2. The minimum atomic E-state index is -4.65. The number of carbonyl (C=O) groups is 1. The SMILES string of the molecule is O=C(Nc1ccc(S(=O)(=O)Nc2cccc(C(F)(F)F)c2)cc1)c1ccccc1N(Cc1ccccc1)S(=O)(=O)c1ccccc1. The Hall–Kier alpha value is -5.14. The van der Waals surface area contributed by atoms with Gasteiger partial charge in [0.1, 0.15) is 0 Å². The van der Waals surface area contributed by atoms with Gasteiger partial charge >= 0.3 is 6.18 Å². The highest BCUT2D eigenvalue weighted by Crippen LogP contribution is 2.32. The van der Waals surface area contributed by atoms with Gasteiger partial charge in [-0.2, -0.15) is 13.2 Å². The summed E-state index contributed by atoms with van der Waals surface area (Å²) >= 11 is 0. The van der Waals surface area contributed by atoms with Gasteiger partial charge in [-0.1, -0.05) is 66.7 Å². The predicted molar refractivity (Wildman–Crippen MR) is 169 cm³/mol. The topological polar surface area (TPSA) is 113 Å². The molecule has 0 radical (unpaired) electrons. The van der Waals surface area contributed by atoms with Crippen molar-refractivity contribution in [1.29, 1.82) is 0 Å². The Bertz CT molecular complexity index is 2060. The minimum absolute atomic E-state index is 0.0386. The molecule has 0 atom stereocenters. The summed E-state index contributed by atoms with van der Waals surface area (Å²) in [6.45, 7) is -0.0617. The number of carbonyl (C=O) groups excluding carboxylic acids is 1. The van der Waals surface area contributed by atoms with Gasteiger partial charge in [0.2, 0.25) is 0 Å². The lowest BCUT2D eigenvalue weighted by atomic mass is 10.1. The quantitative estimate of drug-likeness (QED) is 0.165. The molecule has 0 saturated carbocycles. The number of sulfonamides is 2. The lowest BCUT2D eigenvalue weighted by Gasteiger charge is -2.26. The average molecular weight is 666 g/mol. The molecule has 13 heteroatoms. The van der Waals surface area contributed by atoms with Crippen molar-refractivity contribution in [2.75, 3.05) is 14.3 Å². The smallest absolute Gasteiger partial charge is 0.322 e. The maximum Gasteiger partial charge on any atom is 0.416 e. The van der Waals surface area contributed by atoms with Crippen LogP contribution in [0, 0.1) is 0 Å². The normalized spacial score (nSPS) is 11.9. The first-order valence-corrected chi connectivity index (χ1v) is 16.6. The van der Waals surface area contributed by atoms with Gasteiger partial charge in [-0.25, -0.2) is 16.8 Å². The van der Waals surface area contributed by atoms with Crippen LogP contribution in [-0.2, 0) is 32.8 Å². The Morgan fingerprint density at radius 3 is 1.91 bits per heavy atom. The highest BCUT2D eigenvalue weighted by molar-refractivity contribution is 7.93. The number of rotatable bonds is 10. The lowest BCUT2D eigenvalue weighted by molar-refractivity contribution is -0.137. The van der Waals surface area contributed by atoms with Gasteiger partial charge in [0, 0.05) is 11.4 Å². The van der Waals surface area contributed by atoms with Crippen molar-refractivity contribution in [2.45, 2.75) is 22.5 Å². The number of hydrogen-bond acceptors (Lipinski definition) is 5. The van der Waals surface area contributed by atoms with Gasteiger partial charge in [0.25, 0.3) is 26.0 Å². The van der Waals surface area contributed by atoms with Crippen molar-refractivity contribution in [3.8, 4) is 0 Å². The number of alkyl halides is 3. The van der Waals surface area contributed by atoms with E-state index in [1.807, 2.05) is 0 Å². The number of halogens is 3.